The first-order valence-electron chi connectivity index (χ1n) is 8.99. The molecule has 1 aromatic rings. The quantitative estimate of drug-likeness (QED) is 0.620. The van der Waals surface area contributed by atoms with Gasteiger partial charge in [0.1, 0.15) is 0 Å². The minimum absolute atomic E-state index is 0.332. The Labute approximate surface area is 146 Å². The molecule has 0 spiro atoms. The summed E-state index contributed by atoms with van der Waals surface area (Å²) in [6.45, 7) is 11.1. The van der Waals surface area contributed by atoms with Crippen LogP contribution in [0.15, 0.2) is 29.3 Å². The lowest BCUT2D eigenvalue weighted by Crippen LogP contribution is -2.41. The Bertz CT molecular complexity index is 532. The molecule has 1 saturated heterocycles. The highest BCUT2D eigenvalue weighted by Gasteiger charge is 2.16. The fourth-order valence-corrected chi connectivity index (χ4v) is 2.85. The zero-order valence-electron chi connectivity index (χ0n) is 15.5. The Morgan fingerprint density at radius 2 is 2.21 bits per heavy atom. The van der Waals surface area contributed by atoms with Crippen molar-refractivity contribution >= 4 is 5.96 Å². The summed E-state index contributed by atoms with van der Waals surface area (Å²) in [5, 5.41) is 6.78. The lowest BCUT2D eigenvalue weighted by atomic mass is 10.1. The molecule has 2 unspecified atom stereocenters. The first kappa shape index (κ1) is 18.7. The van der Waals surface area contributed by atoms with Gasteiger partial charge in [-0.2, -0.15) is 0 Å². The van der Waals surface area contributed by atoms with Crippen LogP contribution in [0.3, 0.4) is 0 Å². The zero-order chi connectivity index (χ0) is 17.4. The van der Waals surface area contributed by atoms with Crippen molar-refractivity contribution in [3.63, 3.8) is 0 Å². The average molecular weight is 332 g/mol. The van der Waals surface area contributed by atoms with Crippen molar-refractivity contribution in [2.24, 2.45) is 4.99 Å². The standard InChI is InChI=1S/C19H32N4O/c1-5-15(2)22-19(20-4)21-12-17-7-6-8-18(11-17)14-23-9-10-24-16(3)13-23/h6-8,11,15-16H,5,9-10,12-14H2,1-4H3,(H2,20,21,22). The van der Waals surface area contributed by atoms with Crippen LogP contribution in [0.25, 0.3) is 0 Å². The van der Waals surface area contributed by atoms with E-state index in [9.17, 15) is 0 Å². The molecule has 1 fully saturated rings. The third-order valence-electron chi connectivity index (χ3n) is 4.40. The SMILES string of the molecule is CCC(C)NC(=NC)NCc1cccc(CN2CCOC(C)C2)c1. The van der Waals surface area contributed by atoms with Crippen LogP contribution in [0, 0.1) is 0 Å². The Balaban J connectivity index is 1.87. The highest BCUT2D eigenvalue weighted by molar-refractivity contribution is 5.79. The van der Waals surface area contributed by atoms with Gasteiger partial charge in [-0.1, -0.05) is 31.2 Å². The van der Waals surface area contributed by atoms with Crippen LogP contribution in [0.2, 0.25) is 0 Å². The van der Waals surface area contributed by atoms with E-state index in [1.807, 2.05) is 7.05 Å². The van der Waals surface area contributed by atoms with Gasteiger partial charge < -0.3 is 15.4 Å². The van der Waals surface area contributed by atoms with Crippen molar-refractivity contribution in [3.8, 4) is 0 Å². The minimum Gasteiger partial charge on any atom is -0.376 e. The van der Waals surface area contributed by atoms with E-state index >= 15 is 0 Å². The predicted octanol–water partition coefficient (Wildman–Crippen LogP) is 2.37. The molecule has 24 heavy (non-hydrogen) atoms. The number of ether oxygens (including phenoxy) is 1. The van der Waals surface area contributed by atoms with Crippen molar-refractivity contribution in [1.29, 1.82) is 0 Å². The molecule has 0 aromatic heterocycles. The lowest BCUT2D eigenvalue weighted by molar-refractivity contribution is -0.0212. The zero-order valence-corrected chi connectivity index (χ0v) is 15.5. The van der Waals surface area contributed by atoms with Gasteiger partial charge in [-0.25, -0.2) is 0 Å². The molecule has 1 heterocycles. The highest BCUT2D eigenvalue weighted by atomic mass is 16.5. The van der Waals surface area contributed by atoms with Gasteiger partial charge in [0.15, 0.2) is 5.96 Å². The molecular weight excluding hydrogens is 300 g/mol. The van der Waals surface area contributed by atoms with Gasteiger partial charge in [0, 0.05) is 39.3 Å². The van der Waals surface area contributed by atoms with Crippen molar-refractivity contribution in [2.45, 2.75) is 52.4 Å². The van der Waals surface area contributed by atoms with Crippen LogP contribution in [0.4, 0.5) is 0 Å². The van der Waals surface area contributed by atoms with Crippen molar-refractivity contribution in [2.75, 3.05) is 26.7 Å². The Hall–Kier alpha value is -1.59. The Morgan fingerprint density at radius 3 is 2.92 bits per heavy atom. The maximum absolute atomic E-state index is 5.62. The summed E-state index contributed by atoms with van der Waals surface area (Å²) in [6.07, 6.45) is 1.41. The van der Waals surface area contributed by atoms with Gasteiger partial charge in [-0.3, -0.25) is 9.89 Å². The van der Waals surface area contributed by atoms with E-state index in [1.54, 1.807) is 0 Å². The molecule has 0 amide bonds. The summed E-state index contributed by atoms with van der Waals surface area (Å²) < 4.78 is 5.62. The predicted molar refractivity (Wildman–Crippen MR) is 100 cm³/mol. The average Bonchev–Trinajstić information content (AvgIpc) is 2.58. The minimum atomic E-state index is 0.332. The number of hydrogen-bond acceptors (Lipinski definition) is 3. The van der Waals surface area contributed by atoms with Gasteiger partial charge >= 0.3 is 0 Å². The van der Waals surface area contributed by atoms with Crippen LogP contribution in [-0.2, 0) is 17.8 Å². The maximum Gasteiger partial charge on any atom is 0.191 e. The molecule has 5 heteroatoms. The smallest absolute Gasteiger partial charge is 0.191 e. The highest BCUT2D eigenvalue weighted by Crippen LogP contribution is 2.12. The first-order chi connectivity index (χ1) is 11.6. The van der Waals surface area contributed by atoms with Crippen LogP contribution in [-0.4, -0.2) is 49.7 Å². The summed E-state index contributed by atoms with van der Waals surface area (Å²) in [5.74, 6) is 0.858. The van der Waals surface area contributed by atoms with E-state index in [4.69, 9.17) is 4.74 Å². The molecule has 0 radical (unpaired) electrons. The normalized spacial score (nSPS) is 20.7. The molecule has 1 aromatic carbocycles. The summed E-state index contributed by atoms with van der Waals surface area (Å²) >= 11 is 0. The number of guanidine groups is 1. The molecule has 2 atom stereocenters. The summed E-state index contributed by atoms with van der Waals surface area (Å²) in [5.41, 5.74) is 2.63. The monoisotopic (exact) mass is 332 g/mol. The van der Waals surface area contributed by atoms with E-state index in [0.29, 0.717) is 12.1 Å². The van der Waals surface area contributed by atoms with E-state index in [2.05, 4.69) is 65.6 Å². The molecule has 0 saturated carbocycles. The molecule has 1 aliphatic rings. The lowest BCUT2D eigenvalue weighted by Gasteiger charge is -2.31. The van der Waals surface area contributed by atoms with Crippen LogP contribution < -0.4 is 10.6 Å². The molecule has 5 nitrogen and oxygen atoms in total. The van der Waals surface area contributed by atoms with Gasteiger partial charge in [0.2, 0.25) is 0 Å². The second kappa shape index (κ2) is 9.64. The number of morpholine rings is 1. The summed E-state index contributed by atoms with van der Waals surface area (Å²) in [6, 6.07) is 9.21. The van der Waals surface area contributed by atoms with E-state index < -0.39 is 0 Å². The largest absolute Gasteiger partial charge is 0.376 e. The molecular formula is C19H32N4O. The Morgan fingerprint density at radius 1 is 1.42 bits per heavy atom. The van der Waals surface area contributed by atoms with Crippen LogP contribution >= 0.6 is 0 Å². The second-order valence-electron chi connectivity index (χ2n) is 6.62. The fraction of sp³-hybridized carbons (Fsp3) is 0.632. The van der Waals surface area contributed by atoms with E-state index in [-0.39, 0.29) is 0 Å². The number of hydrogen-bond donors (Lipinski definition) is 2. The van der Waals surface area contributed by atoms with Crippen molar-refractivity contribution < 1.29 is 4.74 Å². The Kier molecular flexibility index (Phi) is 7.53. The van der Waals surface area contributed by atoms with Crippen LogP contribution in [0.5, 0.6) is 0 Å². The molecule has 1 aliphatic heterocycles. The third-order valence-corrected chi connectivity index (χ3v) is 4.40. The van der Waals surface area contributed by atoms with Crippen LogP contribution in [0.1, 0.15) is 38.3 Å². The number of benzene rings is 1. The molecule has 0 bridgehead atoms. The third kappa shape index (κ3) is 6.13. The van der Waals surface area contributed by atoms with Crippen molar-refractivity contribution in [3.05, 3.63) is 35.4 Å². The van der Waals surface area contributed by atoms with E-state index in [0.717, 1.165) is 45.2 Å². The fourth-order valence-electron chi connectivity index (χ4n) is 2.85. The molecule has 0 aliphatic carbocycles. The number of rotatable bonds is 6. The van der Waals surface area contributed by atoms with Gasteiger partial charge in [-0.05, 0) is 31.4 Å². The summed E-state index contributed by atoms with van der Waals surface area (Å²) in [4.78, 5) is 6.75. The second-order valence-corrected chi connectivity index (χ2v) is 6.62. The molecule has 2 rings (SSSR count). The van der Waals surface area contributed by atoms with E-state index in [1.165, 1.54) is 11.1 Å². The van der Waals surface area contributed by atoms with Gasteiger partial charge in [0.25, 0.3) is 0 Å². The summed E-state index contributed by atoms with van der Waals surface area (Å²) in [7, 11) is 1.81. The van der Waals surface area contributed by atoms with Gasteiger partial charge in [-0.15, -0.1) is 0 Å². The topological polar surface area (TPSA) is 48.9 Å². The van der Waals surface area contributed by atoms with Crippen molar-refractivity contribution in [1.82, 2.24) is 15.5 Å². The number of nitrogens with zero attached hydrogens (tertiary/aromatic N) is 2. The maximum atomic E-state index is 5.62. The first-order valence-corrected chi connectivity index (χ1v) is 8.99. The number of nitrogens with one attached hydrogen (secondary N) is 2. The number of aliphatic imine (C=N–C) groups is 1. The molecule has 134 valence electrons. The van der Waals surface area contributed by atoms with Gasteiger partial charge in [0.05, 0.1) is 12.7 Å². The molecule has 2 N–H and O–H groups in total.